The van der Waals surface area contributed by atoms with Crippen molar-refractivity contribution in [2.24, 2.45) is 0 Å². The summed E-state index contributed by atoms with van der Waals surface area (Å²) in [5, 5.41) is 9.93. The molecule has 1 N–H and O–H groups in total. The van der Waals surface area contributed by atoms with E-state index in [2.05, 4.69) is 0 Å². The first-order valence-electron chi connectivity index (χ1n) is 12.2. The smallest absolute Gasteiger partial charge is 0.341 e. The van der Waals surface area contributed by atoms with Crippen LogP contribution in [0, 0.1) is 0 Å². The van der Waals surface area contributed by atoms with Gasteiger partial charge in [0.25, 0.3) is 5.91 Å². The average Bonchev–Trinajstić information content (AvgIpc) is 3.28. The molecule has 1 amide bonds. The standard InChI is InChI=1S/C31H25NO7/c1-37-31-27-17-25(29(34)35)24(16-26(27)30(36)39-31)28(33)32(18-20-8-4-2-5-9-20)19-21-12-14-23(15-13-21)38-22-10-6-3-7-11-22/h2-17,31H,18-19H2,1H3,(H,34,35). The zero-order valence-corrected chi connectivity index (χ0v) is 21.1. The molecular weight excluding hydrogens is 498 g/mol. The van der Waals surface area contributed by atoms with Crippen LogP contribution < -0.4 is 4.74 Å². The van der Waals surface area contributed by atoms with Gasteiger partial charge in [-0.15, -0.1) is 0 Å². The third-order valence-electron chi connectivity index (χ3n) is 6.33. The lowest BCUT2D eigenvalue weighted by atomic mass is 9.97. The molecule has 0 aromatic heterocycles. The Morgan fingerprint density at radius 3 is 2.03 bits per heavy atom. The summed E-state index contributed by atoms with van der Waals surface area (Å²) in [6, 6.07) is 28.7. The normalized spacial score (nSPS) is 13.9. The minimum absolute atomic E-state index is 0.102. The second-order valence-corrected chi connectivity index (χ2v) is 8.97. The highest BCUT2D eigenvalue weighted by molar-refractivity contribution is 6.07. The molecule has 39 heavy (non-hydrogen) atoms. The molecule has 0 spiro atoms. The molecule has 1 heterocycles. The quantitative estimate of drug-likeness (QED) is 0.275. The first kappa shape index (κ1) is 25.7. The summed E-state index contributed by atoms with van der Waals surface area (Å²) >= 11 is 0. The maximum Gasteiger partial charge on any atom is 0.341 e. The Bertz CT molecular complexity index is 1500. The molecule has 5 rings (SSSR count). The molecule has 8 heteroatoms. The number of fused-ring (bicyclic) bond motifs is 1. The van der Waals surface area contributed by atoms with Crippen LogP contribution in [0.4, 0.5) is 0 Å². The van der Waals surface area contributed by atoms with Crippen LogP contribution in [0.5, 0.6) is 11.5 Å². The molecule has 0 bridgehead atoms. The molecule has 8 nitrogen and oxygen atoms in total. The highest BCUT2D eigenvalue weighted by atomic mass is 16.7. The Kier molecular flexibility index (Phi) is 7.38. The predicted octanol–water partition coefficient (Wildman–Crippen LogP) is 5.84. The number of hydrogen-bond acceptors (Lipinski definition) is 6. The van der Waals surface area contributed by atoms with Crippen molar-refractivity contribution in [3.05, 3.63) is 130 Å². The summed E-state index contributed by atoms with van der Waals surface area (Å²) in [6.07, 6.45) is -1.02. The van der Waals surface area contributed by atoms with Gasteiger partial charge in [-0.3, -0.25) is 4.79 Å². The molecule has 4 aromatic carbocycles. The highest BCUT2D eigenvalue weighted by Crippen LogP contribution is 2.34. The van der Waals surface area contributed by atoms with Gasteiger partial charge < -0.3 is 24.2 Å². The number of carbonyl (C=O) groups excluding carboxylic acids is 2. The minimum atomic E-state index is -1.29. The Morgan fingerprint density at radius 2 is 1.41 bits per heavy atom. The number of carboxylic acid groups (broad SMARTS) is 1. The van der Waals surface area contributed by atoms with Crippen molar-refractivity contribution in [1.82, 2.24) is 4.90 Å². The van der Waals surface area contributed by atoms with Crippen LogP contribution in [0.1, 0.15) is 54.1 Å². The van der Waals surface area contributed by atoms with Gasteiger partial charge in [-0.1, -0.05) is 60.7 Å². The van der Waals surface area contributed by atoms with Gasteiger partial charge in [-0.05, 0) is 47.5 Å². The fourth-order valence-electron chi connectivity index (χ4n) is 4.42. The Morgan fingerprint density at radius 1 is 0.821 bits per heavy atom. The zero-order valence-electron chi connectivity index (χ0n) is 21.1. The first-order valence-corrected chi connectivity index (χ1v) is 12.2. The van der Waals surface area contributed by atoms with Crippen molar-refractivity contribution in [3.8, 4) is 11.5 Å². The Hall–Kier alpha value is -4.95. The third kappa shape index (κ3) is 5.66. The van der Waals surface area contributed by atoms with Crippen molar-refractivity contribution in [1.29, 1.82) is 0 Å². The van der Waals surface area contributed by atoms with Crippen LogP contribution in [-0.2, 0) is 22.6 Å². The second kappa shape index (κ2) is 11.2. The zero-order chi connectivity index (χ0) is 27.4. The van der Waals surface area contributed by atoms with Crippen molar-refractivity contribution >= 4 is 17.8 Å². The number of cyclic esters (lactones) is 1. The molecule has 1 unspecified atom stereocenters. The number of rotatable bonds is 9. The van der Waals surface area contributed by atoms with Crippen LogP contribution in [0.3, 0.4) is 0 Å². The molecule has 0 aliphatic carbocycles. The Labute approximate surface area is 225 Å². The number of aromatic carboxylic acids is 1. The van der Waals surface area contributed by atoms with E-state index in [1.165, 1.54) is 19.2 Å². The van der Waals surface area contributed by atoms with E-state index in [1.807, 2.05) is 84.9 Å². The molecular formula is C31H25NO7. The number of carbonyl (C=O) groups is 3. The molecule has 1 aliphatic rings. The second-order valence-electron chi connectivity index (χ2n) is 8.97. The van der Waals surface area contributed by atoms with E-state index in [9.17, 15) is 19.5 Å². The van der Waals surface area contributed by atoms with E-state index in [1.54, 1.807) is 4.90 Å². The number of benzene rings is 4. The van der Waals surface area contributed by atoms with Crippen molar-refractivity contribution < 1.29 is 33.7 Å². The van der Waals surface area contributed by atoms with Crippen LogP contribution in [0.2, 0.25) is 0 Å². The number of methoxy groups -OCH3 is 1. The topological polar surface area (TPSA) is 102 Å². The predicted molar refractivity (Wildman–Crippen MR) is 142 cm³/mol. The number of esters is 1. The maximum atomic E-state index is 13.9. The van der Waals surface area contributed by atoms with E-state index in [-0.39, 0.29) is 35.3 Å². The van der Waals surface area contributed by atoms with Crippen molar-refractivity contribution in [3.63, 3.8) is 0 Å². The summed E-state index contributed by atoms with van der Waals surface area (Å²) in [5.41, 5.74) is 1.74. The van der Waals surface area contributed by atoms with E-state index in [4.69, 9.17) is 14.2 Å². The van der Waals surface area contributed by atoms with Gasteiger partial charge in [0.1, 0.15) is 11.5 Å². The van der Waals surface area contributed by atoms with Crippen LogP contribution in [-0.4, -0.2) is 35.0 Å². The minimum Gasteiger partial charge on any atom is -0.478 e. The summed E-state index contributed by atoms with van der Waals surface area (Å²) in [6.45, 7) is 0.420. The molecule has 1 atom stereocenters. The molecule has 0 fully saturated rings. The van der Waals surface area contributed by atoms with Gasteiger partial charge in [0.2, 0.25) is 6.29 Å². The van der Waals surface area contributed by atoms with Crippen LogP contribution in [0.15, 0.2) is 97.1 Å². The van der Waals surface area contributed by atoms with Gasteiger partial charge in [-0.2, -0.15) is 0 Å². The number of ether oxygens (including phenoxy) is 3. The third-order valence-corrected chi connectivity index (χ3v) is 6.33. The van der Waals surface area contributed by atoms with Gasteiger partial charge in [-0.25, -0.2) is 9.59 Å². The molecule has 0 saturated carbocycles. The van der Waals surface area contributed by atoms with Gasteiger partial charge in [0, 0.05) is 25.8 Å². The highest BCUT2D eigenvalue weighted by Gasteiger charge is 2.35. The molecule has 1 aliphatic heterocycles. The van der Waals surface area contributed by atoms with Gasteiger partial charge in [0.05, 0.1) is 16.7 Å². The first-order chi connectivity index (χ1) is 18.9. The Balaban J connectivity index is 1.46. The summed E-state index contributed by atoms with van der Waals surface area (Å²) in [5.74, 6) is -1.15. The number of carboxylic acids is 1. The molecule has 196 valence electrons. The molecule has 0 radical (unpaired) electrons. The monoisotopic (exact) mass is 523 g/mol. The van der Waals surface area contributed by atoms with Crippen molar-refractivity contribution in [2.75, 3.05) is 7.11 Å². The molecule has 4 aromatic rings. The van der Waals surface area contributed by atoms with E-state index >= 15 is 0 Å². The fourth-order valence-corrected chi connectivity index (χ4v) is 4.42. The van der Waals surface area contributed by atoms with Gasteiger partial charge >= 0.3 is 11.9 Å². The average molecular weight is 524 g/mol. The number of amides is 1. The van der Waals surface area contributed by atoms with Crippen molar-refractivity contribution in [2.45, 2.75) is 19.4 Å². The van der Waals surface area contributed by atoms with Gasteiger partial charge in [0.15, 0.2) is 0 Å². The number of nitrogens with zero attached hydrogens (tertiary/aromatic N) is 1. The lowest BCUT2D eigenvalue weighted by molar-refractivity contribution is -0.0816. The van der Waals surface area contributed by atoms with Crippen LogP contribution in [0.25, 0.3) is 0 Å². The maximum absolute atomic E-state index is 13.9. The summed E-state index contributed by atoms with van der Waals surface area (Å²) < 4.78 is 16.2. The lowest BCUT2D eigenvalue weighted by Crippen LogP contribution is -2.31. The van der Waals surface area contributed by atoms with E-state index in [0.717, 1.165) is 11.1 Å². The number of para-hydroxylation sites is 1. The number of hydrogen-bond donors (Lipinski definition) is 1. The molecule has 0 saturated heterocycles. The van der Waals surface area contributed by atoms with E-state index < -0.39 is 24.1 Å². The summed E-state index contributed by atoms with van der Waals surface area (Å²) in [7, 11) is 1.35. The van der Waals surface area contributed by atoms with Crippen LogP contribution >= 0.6 is 0 Å². The SMILES string of the molecule is COC1OC(=O)c2cc(C(=O)N(Cc3ccccc3)Cc3ccc(Oc4ccccc4)cc3)c(C(=O)O)cc21. The fraction of sp³-hybridized carbons (Fsp3) is 0.129. The lowest BCUT2D eigenvalue weighted by Gasteiger charge is -2.24. The largest absolute Gasteiger partial charge is 0.478 e. The summed E-state index contributed by atoms with van der Waals surface area (Å²) in [4.78, 5) is 40.0. The van der Waals surface area contributed by atoms with E-state index in [0.29, 0.717) is 11.5 Å².